The minimum absolute atomic E-state index is 0.0420. The molecule has 0 saturated carbocycles. The molecule has 0 spiro atoms. The van der Waals surface area contributed by atoms with Gasteiger partial charge in [-0.15, -0.1) is 0 Å². The average molecular weight is 337 g/mol. The summed E-state index contributed by atoms with van der Waals surface area (Å²) in [6.07, 6.45) is 0. The maximum Gasteiger partial charge on any atom is 0.266 e. The number of halogens is 1. The van der Waals surface area contributed by atoms with Crippen LogP contribution >= 0.6 is 11.6 Å². The molecule has 0 saturated heterocycles. The van der Waals surface area contributed by atoms with Gasteiger partial charge in [0.2, 0.25) is 0 Å². The summed E-state index contributed by atoms with van der Waals surface area (Å²) in [5.41, 5.74) is 2.18. The molecule has 0 aliphatic rings. The van der Waals surface area contributed by atoms with Crippen LogP contribution in [0.15, 0.2) is 59.4 Å². The SMILES string of the molecule is COc1ccc(-c2cc(-c3ccccc3Cl)c(C#N)c(=O)[nH]2)cc1. The van der Waals surface area contributed by atoms with Crippen LogP contribution in [0.4, 0.5) is 0 Å². The van der Waals surface area contributed by atoms with Crippen molar-refractivity contribution in [2.24, 2.45) is 0 Å². The lowest BCUT2D eigenvalue weighted by Gasteiger charge is -2.10. The van der Waals surface area contributed by atoms with Crippen molar-refractivity contribution in [2.45, 2.75) is 0 Å². The molecule has 118 valence electrons. The van der Waals surface area contributed by atoms with Gasteiger partial charge >= 0.3 is 0 Å². The van der Waals surface area contributed by atoms with Crippen LogP contribution in [0, 0.1) is 11.3 Å². The van der Waals surface area contributed by atoms with Crippen LogP contribution < -0.4 is 10.3 Å². The second-order valence-corrected chi connectivity index (χ2v) is 5.53. The van der Waals surface area contributed by atoms with Gasteiger partial charge in [0, 0.05) is 21.8 Å². The van der Waals surface area contributed by atoms with Crippen LogP contribution in [0.25, 0.3) is 22.4 Å². The fraction of sp³-hybridized carbons (Fsp3) is 0.0526. The van der Waals surface area contributed by atoms with Crippen molar-refractivity contribution in [3.63, 3.8) is 0 Å². The Bertz CT molecular complexity index is 985. The van der Waals surface area contributed by atoms with E-state index in [0.29, 0.717) is 21.8 Å². The van der Waals surface area contributed by atoms with Crippen LogP contribution in [-0.2, 0) is 0 Å². The topological polar surface area (TPSA) is 65.9 Å². The molecule has 3 rings (SSSR count). The largest absolute Gasteiger partial charge is 0.497 e. The van der Waals surface area contributed by atoms with Gasteiger partial charge in [0.25, 0.3) is 5.56 Å². The van der Waals surface area contributed by atoms with Gasteiger partial charge in [-0.05, 0) is 42.0 Å². The first-order valence-corrected chi connectivity index (χ1v) is 7.58. The summed E-state index contributed by atoms with van der Waals surface area (Å²) in [7, 11) is 1.59. The van der Waals surface area contributed by atoms with E-state index in [4.69, 9.17) is 16.3 Å². The Kier molecular flexibility index (Phi) is 4.37. The lowest BCUT2D eigenvalue weighted by Crippen LogP contribution is -2.12. The van der Waals surface area contributed by atoms with E-state index in [1.54, 1.807) is 43.5 Å². The van der Waals surface area contributed by atoms with E-state index in [0.717, 1.165) is 11.3 Å². The van der Waals surface area contributed by atoms with Crippen molar-refractivity contribution in [1.29, 1.82) is 5.26 Å². The highest BCUT2D eigenvalue weighted by atomic mass is 35.5. The number of aromatic nitrogens is 1. The van der Waals surface area contributed by atoms with Gasteiger partial charge in [0.15, 0.2) is 0 Å². The van der Waals surface area contributed by atoms with E-state index in [2.05, 4.69) is 4.98 Å². The molecule has 1 aromatic heterocycles. The molecule has 4 nitrogen and oxygen atoms in total. The van der Waals surface area contributed by atoms with Crippen LogP contribution in [0.3, 0.4) is 0 Å². The van der Waals surface area contributed by atoms with Crippen molar-refractivity contribution in [2.75, 3.05) is 7.11 Å². The van der Waals surface area contributed by atoms with E-state index in [1.165, 1.54) is 0 Å². The number of hydrogen-bond donors (Lipinski definition) is 1. The number of nitrogens with one attached hydrogen (secondary N) is 1. The van der Waals surface area contributed by atoms with Crippen LogP contribution in [-0.4, -0.2) is 12.1 Å². The number of nitriles is 1. The van der Waals surface area contributed by atoms with Gasteiger partial charge in [-0.25, -0.2) is 0 Å². The highest BCUT2D eigenvalue weighted by Gasteiger charge is 2.14. The van der Waals surface area contributed by atoms with Gasteiger partial charge in [-0.1, -0.05) is 29.8 Å². The molecule has 2 aromatic carbocycles. The van der Waals surface area contributed by atoms with Crippen LogP contribution in [0.1, 0.15) is 5.56 Å². The molecule has 5 heteroatoms. The molecule has 0 amide bonds. The lowest BCUT2D eigenvalue weighted by molar-refractivity contribution is 0.415. The molecule has 0 aliphatic heterocycles. The Morgan fingerprint density at radius 1 is 1.08 bits per heavy atom. The average Bonchev–Trinajstić information content (AvgIpc) is 2.61. The highest BCUT2D eigenvalue weighted by Crippen LogP contribution is 2.31. The second kappa shape index (κ2) is 6.61. The van der Waals surface area contributed by atoms with E-state index in [-0.39, 0.29) is 5.56 Å². The minimum Gasteiger partial charge on any atom is -0.497 e. The Balaban J connectivity index is 2.22. The van der Waals surface area contributed by atoms with Crippen LogP contribution in [0.2, 0.25) is 5.02 Å². The van der Waals surface area contributed by atoms with Gasteiger partial charge in [-0.3, -0.25) is 4.79 Å². The summed E-state index contributed by atoms with van der Waals surface area (Å²) < 4.78 is 5.14. The zero-order chi connectivity index (χ0) is 17.1. The Morgan fingerprint density at radius 2 is 1.79 bits per heavy atom. The van der Waals surface area contributed by atoms with Gasteiger partial charge in [0.05, 0.1) is 7.11 Å². The summed E-state index contributed by atoms with van der Waals surface area (Å²) >= 11 is 6.24. The number of H-pyrrole nitrogens is 1. The monoisotopic (exact) mass is 336 g/mol. The van der Waals surface area contributed by atoms with Crippen LogP contribution in [0.5, 0.6) is 5.75 Å². The number of nitrogens with zero attached hydrogens (tertiary/aromatic N) is 1. The number of aromatic amines is 1. The minimum atomic E-state index is -0.444. The Labute approximate surface area is 143 Å². The molecular weight excluding hydrogens is 324 g/mol. The lowest BCUT2D eigenvalue weighted by atomic mass is 9.99. The van der Waals surface area contributed by atoms with E-state index >= 15 is 0 Å². The summed E-state index contributed by atoms with van der Waals surface area (Å²) in [6, 6.07) is 18.2. The normalized spacial score (nSPS) is 10.2. The molecule has 0 radical (unpaired) electrons. The number of hydrogen-bond acceptors (Lipinski definition) is 3. The maximum absolute atomic E-state index is 12.3. The first-order valence-electron chi connectivity index (χ1n) is 7.21. The number of pyridine rings is 1. The standard InChI is InChI=1S/C19H13ClN2O2/c1-24-13-8-6-12(7-9-13)18-10-15(16(11-21)19(23)22-18)14-4-2-3-5-17(14)20/h2-10H,1H3,(H,22,23). The molecule has 0 bridgehead atoms. The predicted octanol–water partition coefficient (Wildman–Crippen LogP) is 4.24. The fourth-order valence-electron chi connectivity index (χ4n) is 2.49. The smallest absolute Gasteiger partial charge is 0.266 e. The maximum atomic E-state index is 12.3. The highest BCUT2D eigenvalue weighted by molar-refractivity contribution is 6.33. The van der Waals surface area contributed by atoms with Gasteiger partial charge in [-0.2, -0.15) is 5.26 Å². The van der Waals surface area contributed by atoms with Crippen molar-refractivity contribution in [3.05, 3.63) is 75.5 Å². The summed E-state index contributed by atoms with van der Waals surface area (Å²) in [5.74, 6) is 0.723. The fourth-order valence-corrected chi connectivity index (χ4v) is 2.73. The van der Waals surface area contributed by atoms with Crippen molar-refractivity contribution in [1.82, 2.24) is 4.98 Å². The molecule has 0 fully saturated rings. The zero-order valence-corrected chi connectivity index (χ0v) is 13.6. The third-order valence-electron chi connectivity index (χ3n) is 3.71. The number of methoxy groups -OCH3 is 1. The summed E-state index contributed by atoms with van der Waals surface area (Å²) in [6.45, 7) is 0. The molecule has 1 heterocycles. The number of rotatable bonds is 3. The molecule has 0 unspecified atom stereocenters. The summed E-state index contributed by atoms with van der Waals surface area (Å²) in [5, 5.41) is 9.84. The third kappa shape index (κ3) is 2.90. The van der Waals surface area contributed by atoms with E-state index in [9.17, 15) is 10.1 Å². The van der Waals surface area contributed by atoms with Crippen molar-refractivity contribution >= 4 is 11.6 Å². The van der Waals surface area contributed by atoms with Crippen molar-refractivity contribution in [3.8, 4) is 34.2 Å². The Hall–Kier alpha value is -3.03. The summed E-state index contributed by atoms with van der Waals surface area (Å²) in [4.78, 5) is 15.1. The van der Waals surface area contributed by atoms with Gasteiger partial charge < -0.3 is 9.72 Å². The first kappa shape index (κ1) is 15.9. The molecule has 0 aliphatic carbocycles. The molecule has 3 aromatic rings. The predicted molar refractivity (Wildman–Crippen MR) is 94.2 cm³/mol. The molecule has 24 heavy (non-hydrogen) atoms. The number of benzene rings is 2. The first-order chi connectivity index (χ1) is 11.6. The number of ether oxygens (including phenoxy) is 1. The third-order valence-corrected chi connectivity index (χ3v) is 4.04. The van der Waals surface area contributed by atoms with Crippen molar-refractivity contribution < 1.29 is 4.74 Å². The molecular formula is C19H13ClN2O2. The quantitative estimate of drug-likeness (QED) is 0.777. The van der Waals surface area contributed by atoms with Gasteiger partial charge in [0.1, 0.15) is 17.4 Å². The molecule has 1 N–H and O–H groups in total. The van der Waals surface area contributed by atoms with E-state index < -0.39 is 5.56 Å². The van der Waals surface area contributed by atoms with E-state index in [1.807, 2.05) is 24.3 Å². The molecule has 0 atom stereocenters. The zero-order valence-electron chi connectivity index (χ0n) is 12.8. The Morgan fingerprint density at radius 3 is 2.42 bits per heavy atom. The second-order valence-electron chi connectivity index (χ2n) is 5.12.